The van der Waals surface area contributed by atoms with Crippen molar-refractivity contribution in [3.63, 3.8) is 0 Å². The van der Waals surface area contributed by atoms with Gasteiger partial charge in [-0.1, -0.05) is 23.4 Å². The first-order chi connectivity index (χ1) is 10.6. The Labute approximate surface area is 137 Å². The molecule has 1 saturated heterocycles. The summed E-state index contributed by atoms with van der Waals surface area (Å²) in [5.74, 6) is 1.11. The summed E-state index contributed by atoms with van der Waals surface area (Å²) in [5.41, 5.74) is 6.51. The van der Waals surface area contributed by atoms with E-state index in [4.69, 9.17) is 22.1 Å². The molecule has 0 amide bonds. The molecule has 0 bridgehead atoms. The maximum atomic E-state index is 11.7. The summed E-state index contributed by atoms with van der Waals surface area (Å²) in [6, 6.07) is 8.58. The first-order valence-electron chi connectivity index (χ1n) is 7.03. The van der Waals surface area contributed by atoms with Gasteiger partial charge in [-0.15, -0.1) is 0 Å². The molecule has 0 saturated carbocycles. The van der Waals surface area contributed by atoms with E-state index >= 15 is 0 Å². The fourth-order valence-electron chi connectivity index (χ4n) is 2.37. The van der Waals surface area contributed by atoms with Crippen molar-refractivity contribution in [3.05, 3.63) is 45.7 Å². The molecular weight excluding hydrogens is 322 g/mol. The normalized spacial score (nSPS) is 17.8. The summed E-state index contributed by atoms with van der Waals surface area (Å²) in [6.07, 6.45) is 2.34. The van der Waals surface area contributed by atoms with E-state index in [1.54, 1.807) is 16.7 Å². The van der Waals surface area contributed by atoms with Crippen LogP contribution in [0.3, 0.4) is 0 Å². The van der Waals surface area contributed by atoms with Crippen LogP contribution in [0.15, 0.2) is 40.3 Å². The quantitative estimate of drug-likeness (QED) is 0.686. The summed E-state index contributed by atoms with van der Waals surface area (Å²) in [4.78, 5) is 15.8. The van der Waals surface area contributed by atoms with Gasteiger partial charge in [0.2, 0.25) is 0 Å². The zero-order valence-corrected chi connectivity index (χ0v) is 13.4. The van der Waals surface area contributed by atoms with E-state index in [1.165, 1.54) is 17.8 Å². The second kappa shape index (κ2) is 6.73. The van der Waals surface area contributed by atoms with E-state index in [-0.39, 0.29) is 11.7 Å². The maximum absolute atomic E-state index is 11.7. The van der Waals surface area contributed by atoms with E-state index in [0.29, 0.717) is 16.0 Å². The van der Waals surface area contributed by atoms with Crippen LogP contribution in [0.1, 0.15) is 12.8 Å². The lowest BCUT2D eigenvalue weighted by atomic mass is 10.3. The molecule has 2 N–H and O–H groups in total. The molecule has 1 aliphatic heterocycles. The van der Waals surface area contributed by atoms with Gasteiger partial charge in [0.05, 0.1) is 6.10 Å². The molecule has 1 aromatic heterocycles. The van der Waals surface area contributed by atoms with Crippen molar-refractivity contribution in [1.82, 2.24) is 9.55 Å². The van der Waals surface area contributed by atoms with E-state index in [0.717, 1.165) is 30.9 Å². The van der Waals surface area contributed by atoms with Crippen LogP contribution in [0.25, 0.3) is 5.69 Å². The van der Waals surface area contributed by atoms with Crippen LogP contribution in [0.5, 0.6) is 0 Å². The van der Waals surface area contributed by atoms with Gasteiger partial charge in [0, 0.05) is 29.1 Å². The lowest BCUT2D eigenvalue weighted by Gasteiger charge is -2.16. The van der Waals surface area contributed by atoms with Crippen LogP contribution < -0.4 is 11.3 Å². The van der Waals surface area contributed by atoms with Crippen LogP contribution in [0.4, 0.5) is 5.82 Å². The predicted molar refractivity (Wildman–Crippen MR) is 89.0 cm³/mol. The highest BCUT2D eigenvalue weighted by Crippen LogP contribution is 2.26. The largest absolute Gasteiger partial charge is 0.385 e. The van der Waals surface area contributed by atoms with E-state index in [2.05, 4.69) is 4.98 Å². The van der Waals surface area contributed by atoms with Gasteiger partial charge in [0.1, 0.15) is 5.82 Å². The van der Waals surface area contributed by atoms with Crippen molar-refractivity contribution >= 4 is 29.2 Å². The van der Waals surface area contributed by atoms with Crippen LogP contribution in [-0.2, 0) is 4.74 Å². The number of nitrogens with two attached hydrogens (primary N) is 1. The lowest BCUT2D eigenvalue weighted by molar-refractivity contribution is 0.129. The summed E-state index contributed by atoms with van der Waals surface area (Å²) < 4.78 is 7.37. The van der Waals surface area contributed by atoms with Gasteiger partial charge >= 0.3 is 0 Å². The summed E-state index contributed by atoms with van der Waals surface area (Å²) in [5, 5.41) is 1.22. The molecule has 0 radical (unpaired) electrons. The van der Waals surface area contributed by atoms with Gasteiger partial charge in [-0.05, 0) is 37.1 Å². The fraction of sp³-hybridized carbons (Fsp3) is 0.333. The molecule has 22 heavy (non-hydrogen) atoms. The smallest absolute Gasteiger partial charge is 0.275 e. The van der Waals surface area contributed by atoms with Crippen molar-refractivity contribution in [3.8, 4) is 5.69 Å². The molecule has 1 aromatic carbocycles. The predicted octanol–water partition coefficient (Wildman–Crippen LogP) is 2.74. The summed E-state index contributed by atoms with van der Waals surface area (Å²) >= 11 is 7.41. The Morgan fingerprint density at radius 1 is 1.41 bits per heavy atom. The minimum atomic E-state index is -0.336. The number of halogens is 1. The number of aromatic nitrogens is 2. The molecule has 7 heteroatoms. The van der Waals surface area contributed by atoms with Crippen molar-refractivity contribution in [2.75, 3.05) is 18.1 Å². The second-order valence-corrected chi connectivity index (χ2v) is 6.48. The number of hydrogen-bond acceptors (Lipinski definition) is 5. The van der Waals surface area contributed by atoms with Crippen LogP contribution >= 0.6 is 23.4 Å². The molecule has 116 valence electrons. The van der Waals surface area contributed by atoms with Crippen molar-refractivity contribution in [1.29, 1.82) is 0 Å². The number of hydrogen-bond donors (Lipinski definition) is 1. The van der Waals surface area contributed by atoms with Gasteiger partial charge < -0.3 is 10.5 Å². The van der Waals surface area contributed by atoms with Crippen LogP contribution in [0, 0.1) is 0 Å². The van der Waals surface area contributed by atoms with Gasteiger partial charge in [-0.3, -0.25) is 9.36 Å². The van der Waals surface area contributed by atoms with E-state index in [9.17, 15) is 4.79 Å². The van der Waals surface area contributed by atoms with Gasteiger partial charge in [-0.2, -0.15) is 4.98 Å². The molecule has 1 atom stereocenters. The minimum absolute atomic E-state index is 0.210. The average molecular weight is 338 g/mol. The Bertz CT molecular complexity index is 712. The number of ether oxygens (including phenoxy) is 1. The number of nitrogens with zero attached hydrogens (tertiary/aromatic N) is 2. The topological polar surface area (TPSA) is 70.1 Å². The van der Waals surface area contributed by atoms with Crippen molar-refractivity contribution < 1.29 is 4.74 Å². The first kappa shape index (κ1) is 15.4. The van der Waals surface area contributed by atoms with Crippen LogP contribution in [-0.4, -0.2) is 28.0 Å². The molecular formula is C15H16ClN3O2S. The maximum Gasteiger partial charge on any atom is 0.275 e. The van der Waals surface area contributed by atoms with Crippen molar-refractivity contribution in [2.45, 2.75) is 24.1 Å². The molecule has 2 aromatic rings. The molecule has 1 unspecified atom stereocenters. The third-order valence-corrected chi connectivity index (χ3v) is 4.76. The Morgan fingerprint density at radius 2 is 2.18 bits per heavy atom. The van der Waals surface area contributed by atoms with E-state index in [1.807, 2.05) is 12.1 Å². The standard InChI is InChI=1S/C15H16ClN3O2S/c16-10-3-5-11(6-4-10)19-13(17)8-14(20)18-15(19)22-9-12-2-1-7-21-12/h3-6,8,12H,1-2,7,9,17H2. The zero-order valence-electron chi connectivity index (χ0n) is 11.9. The number of anilines is 1. The number of benzene rings is 1. The number of nitrogen functional groups attached to an aromatic ring is 1. The summed E-state index contributed by atoms with van der Waals surface area (Å²) in [7, 11) is 0. The van der Waals surface area contributed by atoms with Gasteiger partial charge in [0.15, 0.2) is 5.16 Å². The first-order valence-corrected chi connectivity index (χ1v) is 8.40. The molecule has 3 rings (SSSR count). The Morgan fingerprint density at radius 3 is 2.86 bits per heavy atom. The molecule has 1 fully saturated rings. The third kappa shape index (κ3) is 3.45. The molecule has 2 heterocycles. The monoisotopic (exact) mass is 337 g/mol. The lowest BCUT2D eigenvalue weighted by Crippen LogP contribution is -2.18. The van der Waals surface area contributed by atoms with E-state index < -0.39 is 0 Å². The highest BCUT2D eigenvalue weighted by Gasteiger charge is 2.18. The molecule has 0 aliphatic carbocycles. The molecule has 0 spiro atoms. The highest BCUT2D eigenvalue weighted by molar-refractivity contribution is 7.99. The average Bonchev–Trinajstić information content (AvgIpc) is 2.99. The van der Waals surface area contributed by atoms with Crippen LogP contribution in [0.2, 0.25) is 5.02 Å². The Kier molecular flexibility index (Phi) is 4.71. The fourth-order valence-corrected chi connectivity index (χ4v) is 3.59. The second-order valence-electron chi connectivity index (χ2n) is 5.06. The highest BCUT2D eigenvalue weighted by atomic mass is 35.5. The molecule has 5 nitrogen and oxygen atoms in total. The Hall–Kier alpha value is -1.50. The molecule has 1 aliphatic rings. The summed E-state index contributed by atoms with van der Waals surface area (Å²) in [6.45, 7) is 0.805. The number of thioether (sulfide) groups is 1. The minimum Gasteiger partial charge on any atom is -0.385 e. The van der Waals surface area contributed by atoms with Gasteiger partial charge in [-0.25, -0.2) is 0 Å². The third-order valence-electron chi connectivity index (χ3n) is 3.43. The van der Waals surface area contributed by atoms with Gasteiger partial charge in [0.25, 0.3) is 5.56 Å². The SMILES string of the molecule is Nc1cc(=O)nc(SCC2CCCO2)n1-c1ccc(Cl)cc1. The zero-order chi connectivity index (χ0) is 15.5. The number of rotatable bonds is 4. The Balaban J connectivity index is 1.93. The van der Waals surface area contributed by atoms with Crippen molar-refractivity contribution in [2.24, 2.45) is 0 Å².